The van der Waals surface area contributed by atoms with E-state index in [1.807, 2.05) is 18.2 Å². The van der Waals surface area contributed by atoms with Crippen LogP contribution in [-0.4, -0.2) is 58.2 Å². The zero-order valence-corrected chi connectivity index (χ0v) is 17.5. The number of fused-ring (bicyclic) bond motifs is 1. The van der Waals surface area contributed by atoms with Crippen LogP contribution in [0.5, 0.6) is 0 Å². The zero-order valence-electron chi connectivity index (χ0n) is 16.7. The third kappa shape index (κ3) is 5.68. The number of rotatable bonds is 11. The summed E-state index contributed by atoms with van der Waals surface area (Å²) in [5.74, 6) is 1.60. The first kappa shape index (κ1) is 21.1. The number of hydrogen-bond donors (Lipinski definition) is 2. The summed E-state index contributed by atoms with van der Waals surface area (Å²) < 4.78 is 6.92. The molecule has 2 N–H and O–H groups in total. The van der Waals surface area contributed by atoms with Crippen molar-refractivity contribution < 1.29 is 9.53 Å². The Morgan fingerprint density at radius 2 is 2.03 bits per heavy atom. The van der Waals surface area contributed by atoms with Crippen LogP contribution in [0.15, 0.2) is 41.7 Å². The Bertz CT molecular complexity index is 931. The van der Waals surface area contributed by atoms with E-state index in [1.54, 1.807) is 41.9 Å². The fourth-order valence-electron chi connectivity index (χ4n) is 2.73. The molecule has 2 aromatic heterocycles. The molecule has 0 saturated heterocycles. The van der Waals surface area contributed by atoms with Crippen LogP contribution < -0.4 is 10.6 Å². The third-order valence-electron chi connectivity index (χ3n) is 4.15. The molecule has 0 spiro atoms. The van der Waals surface area contributed by atoms with Gasteiger partial charge in [0.1, 0.15) is 5.82 Å². The molecule has 0 unspecified atom stereocenters. The van der Waals surface area contributed by atoms with E-state index in [4.69, 9.17) is 4.74 Å². The number of anilines is 1. The maximum Gasteiger partial charge on any atom is 0.251 e. The van der Waals surface area contributed by atoms with E-state index in [0.717, 1.165) is 29.0 Å². The van der Waals surface area contributed by atoms with E-state index in [9.17, 15) is 4.79 Å². The summed E-state index contributed by atoms with van der Waals surface area (Å²) in [5, 5.41) is 12.3. The molecule has 0 radical (unpaired) electrons. The Morgan fingerprint density at radius 3 is 2.79 bits per heavy atom. The van der Waals surface area contributed by atoms with E-state index in [-0.39, 0.29) is 5.91 Å². The number of hydrogen-bond acceptors (Lipinski definition) is 7. The molecule has 29 heavy (non-hydrogen) atoms. The van der Waals surface area contributed by atoms with Crippen LogP contribution in [0.25, 0.3) is 11.0 Å². The molecule has 154 valence electrons. The first-order chi connectivity index (χ1) is 14.2. The highest BCUT2D eigenvalue weighted by atomic mass is 32.2. The van der Waals surface area contributed by atoms with Gasteiger partial charge in [-0.05, 0) is 18.6 Å². The topological polar surface area (TPSA) is 94.0 Å². The summed E-state index contributed by atoms with van der Waals surface area (Å²) in [6.45, 7) is 4.34. The van der Waals surface area contributed by atoms with Gasteiger partial charge >= 0.3 is 0 Å². The molecule has 3 rings (SSSR count). The molecule has 0 aliphatic rings. The number of thioether (sulfide) groups is 1. The first-order valence-corrected chi connectivity index (χ1v) is 10.6. The summed E-state index contributed by atoms with van der Waals surface area (Å²) >= 11 is 1.62. The van der Waals surface area contributed by atoms with Crippen LogP contribution in [0.1, 0.15) is 23.7 Å². The minimum Gasteiger partial charge on any atom is -0.383 e. The highest BCUT2D eigenvalue weighted by molar-refractivity contribution is 7.99. The quantitative estimate of drug-likeness (QED) is 0.283. The van der Waals surface area contributed by atoms with Crippen LogP contribution in [0.2, 0.25) is 0 Å². The number of aromatic nitrogens is 4. The Morgan fingerprint density at radius 1 is 1.21 bits per heavy atom. The molecular weight excluding hydrogens is 388 g/mol. The van der Waals surface area contributed by atoms with Crippen molar-refractivity contribution in [1.29, 1.82) is 0 Å². The molecule has 1 amide bonds. The van der Waals surface area contributed by atoms with Gasteiger partial charge in [-0.25, -0.2) is 14.6 Å². The highest BCUT2D eigenvalue weighted by Crippen LogP contribution is 2.24. The van der Waals surface area contributed by atoms with Crippen molar-refractivity contribution in [1.82, 2.24) is 25.1 Å². The lowest BCUT2D eigenvalue weighted by atomic mass is 10.2. The average molecular weight is 415 g/mol. The third-order valence-corrected chi connectivity index (χ3v) is 5.21. The number of nitrogens with zero attached hydrogens (tertiary/aromatic N) is 4. The number of amides is 1. The Balaban J connectivity index is 1.73. The van der Waals surface area contributed by atoms with Crippen LogP contribution >= 0.6 is 11.8 Å². The van der Waals surface area contributed by atoms with Crippen molar-refractivity contribution in [3.63, 3.8) is 0 Å². The van der Waals surface area contributed by atoms with Crippen molar-refractivity contribution in [3.05, 3.63) is 42.1 Å². The van der Waals surface area contributed by atoms with Gasteiger partial charge in [-0.15, -0.1) is 0 Å². The lowest BCUT2D eigenvalue weighted by Crippen LogP contribution is -2.27. The van der Waals surface area contributed by atoms with Gasteiger partial charge in [-0.2, -0.15) is 5.10 Å². The Kier molecular flexibility index (Phi) is 7.83. The van der Waals surface area contributed by atoms with Crippen molar-refractivity contribution in [2.75, 3.05) is 37.9 Å². The van der Waals surface area contributed by atoms with Gasteiger partial charge in [0.25, 0.3) is 5.91 Å². The summed E-state index contributed by atoms with van der Waals surface area (Å²) in [5.41, 5.74) is 1.40. The maximum absolute atomic E-state index is 12.2. The molecule has 2 heterocycles. The second kappa shape index (κ2) is 10.8. The van der Waals surface area contributed by atoms with E-state index in [1.165, 1.54) is 0 Å². The molecule has 0 bridgehead atoms. The Hall–Kier alpha value is -2.65. The minimum atomic E-state index is -0.0993. The number of nitrogens with one attached hydrogen (secondary N) is 2. The highest BCUT2D eigenvalue weighted by Gasteiger charge is 2.13. The average Bonchev–Trinajstić information content (AvgIpc) is 3.16. The number of carbonyl (C=O) groups is 1. The molecule has 0 fully saturated rings. The van der Waals surface area contributed by atoms with Crippen LogP contribution in [0, 0.1) is 0 Å². The maximum atomic E-state index is 12.2. The van der Waals surface area contributed by atoms with E-state index in [0.29, 0.717) is 37.0 Å². The lowest BCUT2D eigenvalue weighted by Gasteiger charge is -2.10. The van der Waals surface area contributed by atoms with Crippen molar-refractivity contribution in [2.24, 2.45) is 0 Å². The standard InChI is InChI=1S/C20H26N6O2S/c1-3-13-29-20-24-17(21-10-12-28-2)16-14-23-26(18(16)25-20)11-9-22-19(27)15-7-5-4-6-8-15/h4-8,14H,3,9-13H2,1-2H3,(H,22,27)(H,21,24,25). The van der Waals surface area contributed by atoms with Gasteiger partial charge in [0, 0.05) is 31.5 Å². The molecule has 0 saturated carbocycles. The molecule has 8 nitrogen and oxygen atoms in total. The first-order valence-electron chi connectivity index (χ1n) is 9.65. The summed E-state index contributed by atoms with van der Waals surface area (Å²) in [6, 6.07) is 9.17. The largest absolute Gasteiger partial charge is 0.383 e. The molecule has 0 aliphatic heterocycles. The second-order valence-corrected chi connectivity index (χ2v) is 7.41. The van der Waals surface area contributed by atoms with Gasteiger partial charge < -0.3 is 15.4 Å². The van der Waals surface area contributed by atoms with Crippen molar-refractivity contribution >= 4 is 34.5 Å². The molecule has 0 aliphatic carbocycles. The monoisotopic (exact) mass is 414 g/mol. The minimum absolute atomic E-state index is 0.0993. The smallest absolute Gasteiger partial charge is 0.251 e. The zero-order chi connectivity index (χ0) is 20.5. The summed E-state index contributed by atoms with van der Waals surface area (Å²) in [7, 11) is 1.67. The second-order valence-electron chi connectivity index (χ2n) is 6.35. The SMILES string of the molecule is CCCSc1nc(NCCOC)c2cnn(CCNC(=O)c3ccccc3)c2n1. The molecule has 9 heteroatoms. The number of carbonyl (C=O) groups excluding carboxylic acids is 1. The predicted octanol–water partition coefficient (Wildman–Crippen LogP) is 2.82. The van der Waals surface area contributed by atoms with E-state index in [2.05, 4.69) is 32.6 Å². The summed E-state index contributed by atoms with van der Waals surface area (Å²) in [6.07, 6.45) is 2.81. The molecular formula is C20H26N6O2S. The van der Waals surface area contributed by atoms with E-state index >= 15 is 0 Å². The number of benzene rings is 1. The van der Waals surface area contributed by atoms with Crippen molar-refractivity contribution in [2.45, 2.75) is 25.0 Å². The van der Waals surface area contributed by atoms with Gasteiger partial charge in [0.2, 0.25) is 0 Å². The lowest BCUT2D eigenvalue weighted by molar-refractivity contribution is 0.0952. The summed E-state index contributed by atoms with van der Waals surface area (Å²) in [4.78, 5) is 21.5. The normalized spacial score (nSPS) is 11.0. The van der Waals surface area contributed by atoms with Gasteiger partial charge in [-0.1, -0.05) is 36.9 Å². The molecule has 3 aromatic rings. The molecule has 1 aromatic carbocycles. The number of methoxy groups -OCH3 is 1. The van der Waals surface area contributed by atoms with Crippen molar-refractivity contribution in [3.8, 4) is 0 Å². The fraction of sp³-hybridized carbons (Fsp3) is 0.400. The van der Waals surface area contributed by atoms with Gasteiger partial charge in [0.05, 0.1) is 24.7 Å². The van der Waals surface area contributed by atoms with E-state index < -0.39 is 0 Å². The number of ether oxygens (including phenoxy) is 1. The van der Waals surface area contributed by atoms with Gasteiger partial charge in [0.15, 0.2) is 10.8 Å². The predicted molar refractivity (Wildman–Crippen MR) is 115 cm³/mol. The van der Waals surface area contributed by atoms with Gasteiger partial charge in [-0.3, -0.25) is 4.79 Å². The molecule has 0 atom stereocenters. The van der Waals surface area contributed by atoms with Crippen LogP contribution in [-0.2, 0) is 11.3 Å². The van der Waals surface area contributed by atoms with Crippen LogP contribution in [0.4, 0.5) is 5.82 Å². The van der Waals surface area contributed by atoms with Crippen LogP contribution in [0.3, 0.4) is 0 Å². The fourth-order valence-corrected chi connectivity index (χ4v) is 3.42. The Labute approximate surface area is 174 Å².